The molecule has 1 amide bonds. The van der Waals surface area contributed by atoms with E-state index >= 15 is 0 Å². The summed E-state index contributed by atoms with van der Waals surface area (Å²) in [7, 11) is 0. The van der Waals surface area contributed by atoms with E-state index in [9.17, 15) is 9.18 Å². The van der Waals surface area contributed by atoms with Gasteiger partial charge in [0, 0.05) is 25.9 Å². The number of halogens is 3. The molecule has 0 spiro atoms. The molecule has 1 aromatic carbocycles. The third kappa shape index (κ3) is 6.86. The molecule has 2 aromatic rings. The molecule has 5 nitrogen and oxygen atoms in total. The highest BCUT2D eigenvalue weighted by molar-refractivity contribution is 5.85. The minimum Gasteiger partial charge on any atom is -0.441 e. The zero-order chi connectivity index (χ0) is 15.8. The molecule has 0 saturated carbocycles. The number of carbonyl (C=O) groups is 1. The largest absolute Gasteiger partial charge is 0.441 e. The smallest absolute Gasteiger partial charge is 0.220 e. The minimum absolute atomic E-state index is 0. The van der Waals surface area contributed by atoms with Gasteiger partial charge in [0.1, 0.15) is 5.82 Å². The summed E-state index contributed by atoms with van der Waals surface area (Å²) in [5.41, 5.74) is 0.372. The first-order chi connectivity index (χ1) is 10.7. The summed E-state index contributed by atoms with van der Waals surface area (Å²) < 4.78 is 19.1. The maximum Gasteiger partial charge on any atom is 0.220 e. The fourth-order valence-corrected chi connectivity index (χ4v) is 1.99. The fraction of sp³-hybridized carbons (Fsp3) is 0.375. The van der Waals surface area contributed by atoms with Crippen LogP contribution in [-0.4, -0.2) is 30.5 Å². The molecule has 0 bridgehead atoms. The lowest BCUT2D eigenvalue weighted by Crippen LogP contribution is -2.31. The van der Waals surface area contributed by atoms with Gasteiger partial charge in [-0.05, 0) is 18.7 Å². The van der Waals surface area contributed by atoms with Gasteiger partial charge in [-0.15, -0.1) is 24.8 Å². The van der Waals surface area contributed by atoms with Gasteiger partial charge in [-0.25, -0.2) is 9.37 Å². The molecule has 1 aromatic heterocycles. The van der Waals surface area contributed by atoms with Crippen molar-refractivity contribution in [3.05, 3.63) is 42.2 Å². The average Bonchev–Trinajstić information content (AvgIpc) is 2.99. The van der Waals surface area contributed by atoms with Crippen LogP contribution in [0.1, 0.15) is 19.2 Å². The van der Waals surface area contributed by atoms with Crippen molar-refractivity contribution in [3.8, 4) is 11.3 Å². The lowest BCUT2D eigenvalue weighted by molar-refractivity contribution is -0.121. The maximum absolute atomic E-state index is 13.6. The Morgan fingerprint density at radius 3 is 2.71 bits per heavy atom. The molecule has 0 aliphatic heterocycles. The van der Waals surface area contributed by atoms with E-state index in [0.29, 0.717) is 36.6 Å². The van der Waals surface area contributed by atoms with Crippen LogP contribution in [0.4, 0.5) is 4.39 Å². The topological polar surface area (TPSA) is 67.2 Å². The van der Waals surface area contributed by atoms with E-state index in [1.54, 1.807) is 18.2 Å². The Balaban J connectivity index is 0.00000264. The van der Waals surface area contributed by atoms with Gasteiger partial charge < -0.3 is 15.1 Å². The van der Waals surface area contributed by atoms with Crippen LogP contribution in [0.25, 0.3) is 11.3 Å². The summed E-state index contributed by atoms with van der Waals surface area (Å²) in [5.74, 6) is 0.399. The van der Waals surface area contributed by atoms with Crippen molar-refractivity contribution in [1.82, 2.24) is 15.6 Å². The van der Waals surface area contributed by atoms with Gasteiger partial charge in [0.25, 0.3) is 0 Å². The summed E-state index contributed by atoms with van der Waals surface area (Å²) in [6, 6.07) is 6.36. The first-order valence-corrected chi connectivity index (χ1v) is 7.37. The number of aromatic nitrogens is 1. The predicted octanol–water partition coefficient (Wildman–Crippen LogP) is 2.98. The SMILES string of the molecule is CCNCCNC(=O)CCc1ncc(-c2ccccc2F)o1.Cl.Cl. The van der Waals surface area contributed by atoms with Crippen molar-refractivity contribution in [2.24, 2.45) is 0 Å². The van der Waals surface area contributed by atoms with Gasteiger partial charge in [0.2, 0.25) is 5.91 Å². The standard InChI is InChI=1S/C16H20FN3O2.2ClH/c1-2-18-9-10-19-15(21)7-8-16-20-11-14(22-16)12-5-3-4-6-13(12)17;;/h3-6,11,18H,2,7-10H2,1H3,(H,19,21);2*1H. The number of oxazole rings is 1. The molecule has 2 rings (SSSR count). The van der Waals surface area contributed by atoms with Crippen molar-refractivity contribution in [2.75, 3.05) is 19.6 Å². The van der Waals surface area contributed by atoms with Crippen LogP contribution in [0.3, 0.4) is 0 Å². The Bertz CT molecular complexity index is 623. The molecule has 0 atom stereocenters. The summed E-state index contributed by atoms with van der Waals surface area (Å²) >= 11 is 0. The first kappa shape index (κ1) is 22.4. The van der Waals surface area contributed by atoms with Gasteiger partial charge in [-0.2, -0.15) is 0 Å². The maximum atomic E-state index is 13.6. The van der Waals surface area contributed by atoms with Gasteiger partial charge in [-0.1, -0.05) is 19.1 Å². The van der Waals surface area contributed by atoms with Gasteiger partial charge >= 0.3 is 0 Å². The second-order valence-electron chi connectivity index (χ2n) is 4.80. The summed E-state index contributed by atoms with van der Waals surface area (Å²) in [6.45, 7) is 4.24. The van der Waals surface area contributed by atoms with E-state index in [1.165, 1.54) is 12.3 Å². The Morgan fingerprint density at radius 2 is 2.00 bits per heavy atom. The van der Waals surface area contributed by atoms with E-state index in [1.807, 2.05) is 6.92 Å². The monoisotopic (exact) mass is 377 g/mol. The highest BCUT2D eigenvalue weighted by Gasteiger charge is 2.11. The molecule has 0 saturated heterocycles. The van der Waals surface area contributed by atoms with Gasteiger partial charge in [0.05, 0.1) is 11.8 Å². The number of nitrogens with zero attached hydrogens (tertiary/aromatic N) is 1. The number of rotatable bonds is 8. The molecule has 0 radical (unpaired) electrons. The molecular weight excluding hydrogens is 356 g/mol. The van der Waals surface area contributed by atoms with E-state index in [2.05, 4.69) is 15.6 Å². The lowest BCUT2D eigenvalue weighted by atomic mass is 10.2. The summed E-state index contributed by atoms with van der Waals surface area (Å²) in [4.78, 5) is 15.7. The fourth-order valence-electron chi connectivity index (χ4n) is 1.99. The van der Waals surface area contributed by atoms with Crippen LogP contribution in [0.2, 0.25) is 0 Å². The third-order valence-corrected chi connectivity index (χ3v) is 3.13. The highest BCUT2D eigenvalue weighted by atomic mass is 35.5. The van der Waals surface area contributed by atoms with Gasteiger partial charge in [0.15, 0.2) is 11.7 Å². The number of likely N-dealkylation sites (N-methyl/N-ethyl adjacent to an activating group) is 1. The van der Waals surface area contributed by atoms with Crippen molar-refractivity contribution in [1.29, 1.82) is 0 Å². The van der Waals surface area contributed by atoms with E-state index in [-0.39, 0.29) is 36.5 Å². The van der Waals surface area contributed by atoms with Crippen LogP contribution < -0.4 is 10.6 Å². The Kier molecular flexibility index (Phi) is 11.0. The third-order valence-electron chi connectivity index (χ3n) is 3.13. The summed E-state index contributed by atoms with van der Waals surface area (Å²) in [6.07, 6.45) is 2.17. The Labute approximate surface area is 153 Å². The van der Waals surface area contributed by atoms with E-state index in [4.69, 9.17) is 4.42 Å². The molecular formula is C16H22Cl2FN3O2. The second kappa shape index (κ2) is 11.8. The zero-order valence-corrected chi connectivity index (χ0v) is 15.0. The summed E-state index contributed by atoms with van der Waals surface area (Å²) in [5, 5.41) is 5.93. The molecule has 0 aliphatic rings. The Hall–Kier alpha value is -1.63. The molecule has 0 aliphatic carbocycles. The zero-order valence-electron chi connectivity index (χ0n) is 13.4. The van der Waals surface area contributed by atoms with Crippen molar-refractivity contribution >= 4 is 30.7 Å². The number of carbonyl (C=O) groups excluding carboxylic acids is 1. The van der Waals surface area contributed by atoms with Crippen LogP contribution in [0.5, 0.6) is 0 Å². The number of hydrogen-bond donors (Lipinski definition) is 2. The Morgan fingerprint density at radius 1 is 1.25 bits per heavy atom. The lowest BCUT2D eigenvalue weighted by Gasteiger charge is -2.04. The minimum atomic E-state index is -0.355. The molecule has 134 valence electrons. The van der Waals surface area contributed by atoms with Crippen LogP contribution in [0, 0.1) is 5.82 Å². The quantitative estimate of drug-likeness (QED) is 0.693. The molecule has 2 N–H and O–H groups in total. The van der Waals surface area contributed by atoms with Crippen LogP contribution in [-0.2, 0) is 11.2 Å². The normalized spacial score (nSPS) is 9.75. The van der Waals surface area contributed by atoms with Crippen LogP contribution >= 0.6 is 24.8 Å². The number of amides is 1. The predicted molar refractivity (Wildman–Crippen MR) is 96.3 cm³/mol. The number of benzene rings is 1. The molecule has 1 heterocycles. The van der Waals surface area contributed by atoms with Crippen LogP contribution in [0.15, 0.2) is 34.9 Å². The number of aryl methyl sites for hydroxylation is 1. The first-order valence-electron chi connectivity index (χ1n) is 7.37. The van der Waals surface area contributed by atoms with E-state index in [0.717, 1.165) is 13.1 Å². The van der Waals surface area contributed by atoms with Gasteiger partial charge in [-0.3, -0.25) is 4.79 Å². The molecule has 24 heavy (non-hydrogen) atoms. The number of nitrogens with one attached hydrogen (secondary N) is 2. The van der Waals surface area contributed by atoms with Crippen molar-refractivity contribution in [3.63, 3.8) is 0 Å². The molecule has 8 heteroatoms. The van der Waals surface area contributed by atoms with Crippen molar-refractivity contribution in [2.45, 2.75) is 19.8 Å². The average molecular weight is 378 g/mol. The molecule has 0 fully saturated rings. The number of hydrogen-bond acceptors (Lipinski definition) is 4. The highest BCUT2D eigenvalue weighted by Crippen LogP contribution is 2.23. The second-order valence-corrected chi connectivity index (χ2v) is 4.80. The van der Waals surface area contributed by atoms with Crippen molar-refractivity contribution < 1.29 is 13.6 Å². The molecule has 0 unspecified atom stereocenters. The van der Waals surface area contributed by atoms with E-state index < -0.39 is 0 Å².